The highest BCUT2D eigenvalue weighted by Crippen LogP contribution is 2.54. The molecule has 0 bridgehead atoms. The summed E-state index contributed by atoms with van der Waals surface area (Å²) in [6.07, 6.45) is 0. The second kappa shape index (κ2) is 3.88. The quantitative estimate of drug-likeness (QED) is 0.574. The topological polar surface area (TPSA) is 0 Å². The van der Waals surface area contributed by atoms with Crippen LogP contribution in [0.15, 0.2) is 5.80 Å². The Morgan fingerprint density at radius 3 is 3.10 bits per heavy atom. The van der Waals surface area contributed by atoms with Crippen LogP contribution >= 0.6 is 47.2 Å². The molecule has 1 aromatic heterocycles. The van der Waals surface area contributed by atoms with Crippen LogP contribution in [0, 0.1) is 0 Å². The standard InChI is InChI=1S/C4H4P6/c1-3(8-10-6-1)4-5-2-7-9-4/h1-2,4,10H. The van der Waals surface area contributed by atoms with Gasteiger partial charge in [0.2, 0.25) is 0 Å². The molecule has 0 radical (unpaired) electrons. The predicted molar refractivity (Wildman–Crippen MR) is 60.5 cm³/mol. The third-order valence-corrected chi connectivity index (χ3v) is 12.2. The van der Waals surface area contributed by atoms with E-state index in [2.05, 4.69) is 11.3 Å². The zero-order chi connectivity index (χ0) is 6.81. The Kier molecular flexibility index (Phi) is 3.12. The molecule has 0 N–H and O–H groups in total. The average molecular weight is 238 g/mol. The van der Waals surface area contributed by atoms with Gasteiger partial charge in [0.1, 0.15) is 0 Å². The molecular formula is C4H4P6. The summed E-state index contributed by atoms with van der Waals surface area (Å²) in [5.41, 5.74) is 2.38. The lowest BCUT2D eigenvalue weighted by molar-refractivity contribution is 1.52. The smallest absolute Gasteiger partial charge is 0.0771 e. The maximum atomic E-state index is 2.43. The number of hydrogen-bond donors (Lipinski definition) is 0. The maximum absolute atomic E-state index is 2.43. The first-order chi connectivity index (χ1) is 4.97. The monoisotopic (exact) mass is 238 g/mol. The first-order valence-corrected chi connectivity index (χ1v) is 10.9. The van der Waals surface area contributed by atoms with Gasteiger partial charge in [0.15, 0.2) is 0 Å². The van der Waals surface area contributed by atoms with E-state index in [1.54, 1.807) is 37.1 Å². The van der Waals surface area contributed by atoms with Gasteiger partial charge in [-0.1, -0.05) is 31.5 Å². The van der Waals surface area contributed by atoms with Crippen molar-refractivity contribution in [1.82, 2.24) is 0 Å². The minimum Gasteiger partial charge on any atom is -0.0815 e. The summed E-state index contributed by atoms with van der Waals surface area (Å²) in [5, 5.41) is 2.59. The van der Waals surface area contributed by atoms with Crippen molar-refractivity contribution in [1.29, 1.82) is 0 Å². The molecule has 50 valence electrons. The van der Waals surface area contributed by atoms with Crippen molar-refractivity contribution >= 4 is 52.8 Å². The molecule has 0 aromatic carbocycles. The molecule has 2 heterocycles. The van der Waals surface area contributed by atoms with Crippen LogP contribution in [-0.4, -0.2) is 5.54 Å². The van der Waals surface area contributed by atoms with Crippen LogP contribution in [-0.2, 0) is 0 Å². The van der Waals surface area contributed by atoms with Gasteiger partial charge in [-0.25, -0.2) is 0 Å². The van der Waals surface area contributed by atoms with Crippen molar-refractivity contribution in [2.45, 2.75) is 5.40 Å². The van der Waals surface area contributed by atoms with E-state index in [1.165, 1.54) is 7.87 Å². The Morgan fingerprint density at radius 2 is 2.50 bits per heavy atom. The van der Waals surface area contributed by atoms with E-state index in [-0.39, 0.29) is 0 Å². The van der Waals surface area contributed by atoms with Gasteiger partial charge in [0.05, 0.1) is 5.40 Å². The Balaban J connectivity index is 2.29. The van der Waals surface area contributed by atoms with Crippen LogP contribution in [0.3, 0.4) is 0 Å². The van der Waals surface area contributed by atoms with Gasteiger partial charge in [-0.15, -0.1) is 0 Å². The molecule has 1 aromatic rings. The lowest BCUT2D eigenvalue weighted by Gasteiger charge is -1.95. The summed E-state index contributed by atoms with van der Waals surface area (Å²) in [4.78, 5) is 0. The van der Waals surface area contributed by atoms with Gasteiger partial charge in [0.25, 0.3) is 0 Å². The third kappa shape index (κ3) is 1.77. The maximum Gasteiger partial charge on any atom is 0.0771 e. The summed E-state index contributed by atoms with van der Waals surface area (Å²) in [7, 11) is 9.05. The molecule has 0 saturated heterocycles. The molecule has 6 heteroatoms. The first kappa shape index (κ1) is 8.03. The first-order valence-electron chi connectivity index (χ1n) is 2.74. The zero-order valence-corrected chi connectivity index (χ0v) is 10.4. The van der Waals surface area contributed by atoms with Crippen molar-refractivity contribution < 1.29 is 0 Å². The van der Waals surface area contributed by atoms with E-state index in [1.807, 2.05) is 0 Å². The van der Waals surface area contributed by atoms with E-state index in [9.17, 15) is 0 Å². The Labute approximate surface area is 69.5 Å². The van der Waals surface area contributed by atoms with Crippen molar-refractivity contribution in [3.63, 3.8) is 0 Å². The van der Waals surface area contributed by atoms with Gasteiger partial charge in [0, 0.05) is 5.30 Å². The van der Waals surface area contributed by atoms with Gasteiger partial charge in [-0.05, 0) is 27.1 Å². The molecule has 2 rings (SSSR count). The average Bonchev–Trinajstić information content (AvgIpc) is 2.59. The predicted octanol–water partition coefficient (Wildman–Crippen LogP) is 5.40. The minimum absolute atomic E-state index is 0.880. The fourth-order valence-corrected chi connectivity index (χ4v) is 13.2. The Hall–Kier alpha value is 1.41. The molecule has 0 spiro atoms. The van der Waals surface area contributed by atoms with Gasteiger partial charge >= 0.3 is 0 Å². The third-order valence-electron chi connectivity index (χ3n) is 1.13. The summed E-state index contributed by atoms with van der Waals surface area (Å²) in [5.74, 6) is 2.43. The molecule has 0 fully saturated rings. The summed E-state index contributed by atoms with van der Waals surface area (Å²) in [6.45, 7) is 0. The minimum atomic E-state index is 0.880. The second-order valence-electron chi connectivity index (χ2n) is 1.76. The van der Waals surface area contributed by atoms with Crippen LogP contribution in [0.5, 0.6) is 0 Å². The lowest BCUT2D eigenvalue weighted by atomic mass is 10.7. The summed E-state index contributed by atoms with van der Waals surface area (Å²) >= 11 is 0. The fourth-order valence-electron chi connectivity index (χ4n) is 0.686. The highest BCUT2D eigenvalue weighted by molar-refractivity contribution is 8.17. The molecule has 2 unspecified atom stereocenters. The van der Waals surface area contributed by atoms with E-state index >= 15 is 0 Å². The fraction of sp³-hybridized carbons (Fsp3) is 0.250. The molecule has 10 heavy (non-hydrogen) atoms. The summed E-state index contributed by atoms with van der Waals surface area (Å²) < 4.78 is 0. The van der Waals surface area contributed by atoms with Crippen LogP contribution < -0.4 is 0 Å². The van der Waals surface area contributed by atoms with Crippen molar-refractivity contribution in [3.8, 4) is 0 Å². The van der Waals surface area contributed by atoms with Crippen LogP contribution in [0.4, 0.5) is 0 Å². The molecular weight excluding hydrogens is 234 g/mol. The van der Waals surface area contributed by atoms with Crippen molar-refractivity contribution in [2.24, 2.45) is 0 Å². The second-order valence-corrected chi connectivity index (χ2v) is 11.6. The van der Waals surface area contributed by atoms with Crippen molar-refractivity contribution in [3.05, 3.63) is 11.1 Å². The molecule has 1 aliphatic rings. The van der Waals surface area contributed by atoms with E-state index in [0.29, 0.717) is 0 Å². The van der Waals surface area contributed by atoms with Crippen LogP contribution in [0.2, 0.25) is 0 Å². The molecule has 1 aliphatic heterocycles. The van der Waals surface area contributed by atoms with Gasteiger partial charge < -0.3 is 0 Å². The van der Waals surface area contributed by atoms with Crippen molar-refractivity contribution in [2.75, 3.05) is 0 Å². The van der Waals surface area contributed by atoms with Crippen LogP contribution in [0.1, 0.15) is 10.7 Å². The molecule has 0 saturated carbocycles. The number of hydrogen-bond acceptors (Lipinski definition) is 0. The zero-order valence-electron chi connectivity index (χ0n) is 4.97. The molecule has 0 aliphatic carbocycles. The lowest BCUT2D eigenvalue weighted by Crippen LogP contribution is -1.66. The molecule has 2 atom stereocenters. The Bertz CT molecular complexity index is 247. The normalized spacial score (nSPS) is 29.4. The number of rotatable bonds is 1. The SMILES string of the molecule is C1=PC(c2cp[pH]p2)P=P1. The Morgan fingerprint density at radius 1 is 1.50 bits per heavy atom. The molecule has 0 amide bonds. The van der Waals surface area contributed by atoms with Gasteiger partial charge in [-0.2, -0.15) is 0 Å². The molecule has 0 nitrogen and oxygen atoms in total. The largest absolute Gasteiger partial charge is 0.0815 e. The van der Waals surface area contributed by atoms with Crippen LogP contribution in [0.25, 0.3) is 0 Å². The van der Waals surface area contributed by atoms with E-state index < -0.39 is 0 Å². The highest BCUT2D eigenvalue weighted by Gasteiger charge is 2.08. The summed E-state index contributed by atoms with van der Waals surface area (Å²) in [6, 6.07) is 0. The van der Waals surface area contributed by atoms with E-state index in [0.717, 1.165) is 12.9 Å². The van der Waals surface area contributed by atoms with E-state index in [4.69, 9.17) is 0 Å². The van der Waals surface area contributed by atoms with Gasteiger partial charge in [-0.3, -0.25) is 0 Å². The highest BCUT2D eigenvalue weighted by atomic mass is 32.1.